The molecule has 3 nitrogen and oxygen atoms in total. The molecular weight excluding hydrogens is 372 g/mol. The fraction of sp³-hybridized carbons (Fsp3) is 0.200. The molecule has 1 unspecified atom stereocenters. The lowest BCUT2D eigenvalue weighted by molar-refractivity contribution is 0.199. The largest absolute Gasteiger partial charge is 0.389 e. The molecule has 1 N–H and O–H groups in total. The topological polar surface area (TPSA) is 54.4 Å². The maximum absolute atomic E-state index is 11.4. The first kappa shape index (κ1) is 16.5. The summed E-state index contributed by atoms with van der Waals surface area (Å²) in [5.74, 6) is 0. The highest BCUT2D eigenvalue weighted by atomic mass is 79.9. The minimum Gasteiger partial charge on any atom is -0.389 e. The van der Waals surface area contributed by atoms with Crippen LogP contribution in [0.4, 0.5) is 0 Å². The SMILES string of the molecule is CC(O)c1ccc(Sc2ccc(S(C)(=O)=O)cc2)c(Br)c1. The molecule has 0 amide bonds. The fourth-order valence-corrected chi connectivity index (χ4v) is 3.83. The zero-order chi connectivity index (χ0) is 15.6. The summed E-state index contributed by atoms with van der Waals surface area (Å²) in [6.45, 7) is 1.72. The van der Waals surface area contributed by atoms with Gasteiger partial charge >= 0.3 is 0 Å². The lowest BCUT2D eigenvalue weighted by Crippen LogP contribution is -1.96. The van der Waals surface area contributed by atoms with E-state index >= 15 is 0 Å². The number of hydrogen-bond acceptors (Lipinski definition) is 4. The first-order valence-electron chi connectivity index (χ1n) is 6.23. The van der Waals surface area contributed by atoms with E-state index in [-0.39, 0.29) is 0 Å². The fourth-order valence-electron chi connectivity index (χ4n) is 1.74. The van der Waals surface area contributed by atoms with E-state index in [9.17, 15) is 13.5 Å². The van der Waals surface area contributed by atoms with Gasteiger partial charge in [-0.25, -0.2) is 8.42 Å². The number of hydrogen-bond donors (Lipinski definition) is 1. The molecule has 0 aliphatic carbocycles. The first-order chi connectivity index (χ1) is 9.77. The lowest BCUT2D eigenvalue weighted by Gasteiger charge is -2.09. The summed E-state index contributed by atoms with van der Waals surface area (Å²) >= 11 is 5.02. The first-order valence-corrected chi connectivity index (χ1v) is 9.73. The second-order valence-corrected chi connectivity index (χ2v) is 8.70. The van der Waals surface area contributed by atoms with Gasteiger partial charge in [0.2, 0.25) is 0 Å². The molecule has 21 heavy (non-hydrogen) atoms. The van der Waals surface area contributed by atoms with E-state index in [0.29, 0.717) is 4.90 Å². The molecule has 2 aromatic rings. The van der Waals surface area contributed by atoms with Crippen LogP contribution < -0.4 is 0 Å². The Balaban J connectivity index is 2.22. The standard InChI is InChI=1S/C15H15BrO3S2/c1-10(17)11-3-8-15(14(16)9-11)20-12-4-6-13(7-5-12)21(2,18)19/h3-10,17H,1-2H3. The van der Waals surface area contributed by atoms with Crippen molar-refractivity contribution in [3.8, 4) is 0 Å². The molecule has 0 fully saturated rings. The van der Waals surface area contributed by atoms with Crippen LogP contribution in [0.15, 0.2) is 61.6 Å². The summed E-state index contributed by atoms with van der Waals surface area (Å²) in [6, 6.07) is 12.5. The summed E-state index contributed by atoms with van der Waals surface area (Å²) in [6.07, 6.45) is 0.690. The van der Waals surface area contributed by atoms with Crippen LogP contribution in [0.2, 0.25) is 0 Å². The Bertz CT molecular complexity index is 738. The van der Waals surface area contributed by atoms with Crippen LogP contribution in [-0.4, -0.2) is 19.8 Å². The van der Waals surface area contributed by atoms with Gasteiger partial charge in [0.1, 0.15) is 0 Å². The van der Waals surface area contributed by atoms with Crippen LogP contribution in [-0.2, 0) is 9.84 Å². The van der Waals surface area contributed by atoms with Gasteiger partial charge in [-0.3, -0.25) is 0 Å². The number of aliphatic hydroxyl groups is 1. The van der Waals surface area contributed by atoms with Crippen molar-refractivity contribution in [1.82, 2.24) is 0 Å². The lowest BCUT2D eigenvalue weighted by atomic mass is 10.1. The number of aliphatic hydroxyl groups excluding tert-OH is 1. The van der Waals surface area contributed by atoms with Crippen molar-refractivity contribution >= 4 is 37.5 Å². The molecule has 1 atom stereocenters. The highest BCUT2D eigenvalue weighted by Crippen LogP contribution is 2.35. The highest BCUT2D eigenvalue weighted by Gasteiger charge is 2.09. The van der Waals surface area contributed by atoms with Gasteiger partial charge in [-0.1, -0.05) is 17.8 Å². The third-order valence-electron chi connectivity index (χ3n) is 2.92. The second-order valence-electron chi connectivity index (χ2n) is 4.71. The Kier molecular flexibility index (Phi) is 5.14. The van der Waals surface area contributed by atoms with Crippen molar-refractivity contribution in [3.05, 3.63) is 52.5 Å². The van der Waals surface area contributed by atoms with E-state index in [4.69, 9.17) is 0 Å². The minimum absolute atomic E-state index is 0.315. The number of rotatable bonds is 4. The Morgan fingerprint density at radius 2 is 1.76 bits per heavy atom. The Morgan fingerprint density at radius 3 is 2.24 bits per heavy atom. The van der Waals surface area contributed by atoms with E-state index in [0.717, 1.165) is 19.8 Å². The smallest absolute Gasteiger partial charge is 0.175 e. The second kappa shape index (κ2) is 6.52. The van der Waals surface area contributed by atoms with Gasteiger partial charge in [0.15, 0.2) is 9.84 Å². The monoisotopic (exact) mass is 386 g/mol. The summed E-state index contributed by atoms with van der Waals surface area (Å²) < 4.78 is 23.7. The van der Waals surface area contributed by atoms with E-state index in [1.54, 1.807) is 31.2 Å². The van der Waals surface area contributed by atoms with Crippen LogP contribution in [0, 0.1) is 0 Å². The van der Waals surface area contributed by atoms with Gasteiger partial charge in [0.05, 0.1) is 11.0 Å². The molecule has 0 bridgehead atoms. The maximum atomic E-state index is 11.4. The highest BCUT2D eigenvalue weighted by molar-refractivity contribution is 9.10. The quantitative estimate of drug-likeness (QED) is 0.860. The maximum Gasteiger partial charge on any atom is 0.175 e. The van der Waals surface area contributed by atoms with Gasteiger partial charge in [0, 0.05) is 20.5 Å². The molecule has 0 aliphatic rings. The van der Waals surface area contributed by atoms with E-state index < -0.39 is 15.9 Å². The average Bonchev–Trinajstić information content (AvgIpc) is 2.40. The normalized spacial score (nSPS) is 13.1. The predicted octanol–water partition coefficient (Wildman–Crippen LogP) is 4.06. The summed E-state index contributed by atoms with van der Waals surface area (Å²) in [5, 5.41) is 9.55. The van der Waals surface area contributed by atoms with Gasteiger partial charge in [0.25, 0.3) is 0 Å². The van der Waals surface area contributed by atoms with Crippen LogP contribution in [0.1, 0.15) is 18.6 Å². The summed E-state index contributed by atoms with van der Waals surface area (Å²) in [7, 11) is -3.16. The van der Waals surface area contributed by atoms with E-state index in [2.05, 4.69) is 15.9 Å². The third kappa shape index (κ3) is 4.32. The predicted molar refractivity (Wildman–Crippen MR) is 88.5 cm³/mol. The van der Waals surface area contributed by atoms with Crippen molar-refractivity contribution in [1.29, 1.82) is 0 Å². The Hall–Kier alpha value is -0.820. The molecular formula is C15H15BrO3S2. The number of halogens is 1. The number of sulfone groups is 1. The van der Waals surface area contributed by atoms with Gasteiger partial charge < -0.3 is 5.11 Å². The van der Waals surface area contributed by atoms with Crippen molar-refractivity contribution in [2.45, 2.75) is 27.7 Å². The molecule has 112 valence electrons. The molecule has 0 saturated heterocycles. The van der Waals surface area contributed by atoms with Crippen LogP contribution >= 0.6 is 27.7 Å². The molecule has 0 heterocycles. The number of benzene rings is 2. The van der Waals surface area contributed by atoms with Gasteiger partial charge in [-0.2, -0.15) is 0 Å². The van der Waals surface area contributed by atoms with E-state index in [1.807, 2.05) is 18.2 Å². The third-order valence-corrected chi connectivity index (χ3v) is 6.05. The van der Waals surface area contributed by atoms with Crippen molar-refractivity contribution in [3.63, 3.8) is 0 Å². The molecule has 0 saturated carbocycles. The summed E-state index contributed by atoms with van der Waals surface area (Å²) in [4.78, 5) is 2.27. The van der Waals surface area contributed by atoms with Crippen LogP contribution in [0.3, 0.4) is 0 Å². The molecule has 0 aromatic heterocycles. The Morgan fingerprint density at radius 1 is 1.14 bits per heavy atom. The zero-order valence-electron chi connectivity index (χ0n) is 11.6. The summed E-state index contributed by atoms with van der Waals surface area (Å²) in [5.41, 5.74) is 0.846. The minimum atomic E-state index is -3.16. The molecule has 6 heteroatoms. The molecule has 0 spiro atoms. The van der Waals surface area contributed by atoms with Crippen molar-refractivity contribution < 1.29 is 13.5 Å². The molecule has 2 rings (SSSR count). The molecule has 2 aromatic carbocycles. The Labute approximate surface area is 137 Å². The molecule has 0 radical (unpaired) electrons. The van der Waals surface area contributed by atoms with Crippen LogP contribution in [0.25, 0.3) is 0 Å². The van der Waals surface area contributed by atoms with Crippen molar-refractivity contribution in [2.75, 3.05) is 6.26 Å². The zero-order valence-corrected chi connectivity index (χ0v) is 14.8. The van der Waals surface area contributed by atoms with Crippen LogP contribution in [0.5, 0.6) is 0 Å². The van der Waals surface area contributed by atoms with E-state index in [1.165, 1.54) is 18.0 Å². The van der Waals surface area contributed by atoms with Gasteiger partial charge in [-0.05, 0) is 64.8 Å². The van der Waals surface area contributed by atoms with Gasteiger partial charge in [-0.15, -0.1) is 0 Å². The molecule has 0 aliphatic heterocycles. The van der Waals surface area contributed by atoms with Crippen molar-refractivity contribution in [2.24, 2.45) is 0 Å². The average molecular weight is 387 g/mol.